The average molecular weight is 224 g/mol. The van der Waals surface area contributed by atoms with E-state index in [1.165, 1.54) is 0 Å². The molecule has 0 spiro atoms. The maximum absolute atomic E-state index is 5.83. The van der Waals surface area contributed by atoms with E-state index >= 15 is 0 Å². The van der Waals surface area contributed by atoms with Gasteiger partial charge in [0.05, 0.1) is 23.4 Å². The summed E-state index contributed by atoms with van der Waals surface area (Å²) in [6, 6.07) is 0. The van der Waals surface area contributed by atoms with Gasteiger partial charge in [-0.25, -0.2) is 0 Å². The predicted octanol–water partition coefficient (Wildman–Crippen LogP) is 3.48. The lowest BCUT2D eigenvalue weighted by molar-refractivity contribution is -0.0321. The molecular formula is C14H24O2. The third-order valence-electron chi connectivity index (χ3n) is 1.96. The Bertz CT molecular complexity index is 234. The summed E-state index contributed by atoms with van der Waals surface area (Å²) in [6.45, 7) is 12.4. The summed E-state index contributed by atoms with van der Waals surface area (Å²) in [5.74, 6) is 0. The minimum atomic E-state index is -0.114. The zero-order valence-electron chi connectivity index (χ0n) is 11.3. The van der Waals surface area contributed by atoms with Crippen molar-refractivity contribution in [3.05, 3.63) is 24.3 Å². The molecule has 0 aromatic carbocycles. The fourth-order valence-electron chi connectivity index (χ4n) is 1.54. The topological polar surface area (TPSA) is 18.5 Å². The normalized spacial score (nSPS) is 26.1. The van der Waals surface area contributed by atoms with E-state index in [0.717, 1.165) is 0 Å². The van der Waals surface area contributed by atoms with E-state index in [0.29, 0.717) is 0 Å². The van der Waals surface area contributed by atoms with Crippen molar-refractivity contribution in [3.8, 4) is 0 Å². The van der Waals surface area contributed by atoms with E-state index < -0.39 is 0 Å². The Labute approximate surface area is 99.3 Å². The van der Waals surface area contributed by atoms with Crippen LogP contribution in [0.15, 0.2) is 24.3 Å². The van der Waals surface area contributed by atoms with E-state index in [1.54, 1.807) is 0 Å². The van der Waals surface area contributed by atoms with Crippen LogP contribution in [0.5, 0.6) is 0 Å². The molecule has 1 rings (SSSR count). The molecule has 0 bridgehead atoms. The molecule has 0 aromatic heterocycles. The highest BCUT2D eigenvalue weighted by Gasteiger charge is 2.20. The van der Waals surface area contributed by atoms with Crippen LogP contribution >= 0.6 is 0 Å². The van der Waals surface area contributed by atoms with Gasteiger partial charge in [0, 0.05) is 0 Å². The second-order valence-corrected chi connectivity index (χ2v) is 6.16. The molecule has 1 aliphatic carbocycles. The minimum Gasteiger partial charge on any atom is -0.364 e. The zero-order chi connectivity index (χ0) is 12.4. The summed E-state index contributed by atoms with van der Waals surface area (Å²) in [7, 11) is 0. The van der Waals surface area contributed by atoms with Crippen molar-refractivity contribution in [1.82, 2.24) is 0 Å². The Morgan fingerprint density at radius 3 is 1.06 bits per heavy atom. The minimum absolute atomic E-state index is 0.0693. The first kappa shape index (κ1) is 13.5. The van der Waals surface area contributed by atoms with E-state index in [-0.39, 0.29) is 23.4 Å². The number of hydrogen-bond acceptors (Lipinski definition) is 2. The Hall–Kier alpha value is -0.600. The van der Waals surface area contributed by atoms with Crippen molar-refractivity contribution in [2.24, 2.45) is 0 Å². The molecule has 0 aliphatic heterocycles. The van der Waals surface area contributed by atoms with Gasteiger partial charge in [0.15, 0.2) is 0 Å². The van der Waals surface area contributed by atoms with Gasteiger partial charge < -0.3 is 9.47 Å². The summed E-state index contributed by atoms with van der Waals surface area (Å²) in [5.41, 5.74) is -0.228. The molecule has 2 heteroatoms. The van der Waals surface area contributed by atoms with Crippen molar-refractivity contribution in [3.63, 3.8) is 0 Å². The molecule has 16 heavy (non-hydrogen) atoms. The van der Waals surface area contributed by atoms with Crippen LogP contribution in [0, 0.1) is 0 Å². The monoisotopic (exact) mass is 224 g/mol. The van der Waals surface area contributed by atoms with E-state index in [1.807, 2.05) is 0 Å². The van der Waals surface area contributed by atoms with Crippen molar-refractivity contribution >= 4 is 0 Å². The molecule has 0 saturated carbocycles. The molecule has 0 amide bonds. The van der Waals surface area contributed by atoms with Gasteiger partial charge in [-0.05, 0) is 41.5 Å². The van der Waals surface area contributed by atoms with Gasteiger partial charge in [0.2, 0.25) is 0 Å². The summed E-state index contributed by atoms with van der Waals surface area (Å²) >= 11 is 0. The van der Waals surface area contributed by atoms with Gasteiger partial charge in [0.1, 0.15) is 0 Å². The molecule has 2 nitrogen and oxygen atoms in total. The number of rotatable bonds is 2. The van der Waals surface area contributed by atoms with Gasteiger partial charge >= 0.3 is 0 Å². The highest BCUT2D eigenvalue weighted by atomic mass is 16.5. The average Bonchev–Trinajstić information content (AvgIpc) is 2.03. The number of ether oxygens (including phenoxy) is 2. The van der Waals surface area contributed by atoms with Gasteiger partial charge in [0.25, 0.3) is 0 Å². The first-order chi connectivity index (χ1) is 7.16. The molecule has 0 radical (unpaired) electrons. The molecule has 0 fully saturated rings. The maximum atomic E-state index is 5.83. The van der Waals surface area contributed by atoms with Gasteiger partial charge in [-0.3, -0.25) is 0 Å². The van der Waals surface area contributed by atoms with Crippen molar-refractivity contribution in [2.45, 2.75) is 65.0 Å². The zero-order valence-corrected chi connectivity index (χ0v) is 11.3. The van der Waals surface area contributed by atoms with Crippen molar-refractivity contribution in [1.29, 1.82) is 0 Å². The van der Waals surface area contributed by atoms with Gasteiger partial charge in [-0.15, -0.1) is 0 Å². The fourth-order valence-corrected chi connectivity index (χ4v) is 1.54. The van der Waals surface area contributed by atoms with Crippen LogP contribution < -0.4 is 0 Å². The van der Waals surface area contributed by atoms with Crippen LogP contribution in [0.1, 0.15) is 41.5 Å². The van der Waals surface area contributed by atoms with Crippen LogP contribution in [-0.4, -0.2) is 23.4 Å². The molecule has 0 N–H and O–H groups in total. The third kappa shape index (κ3) is 5.47. The Kier molecular flexibility index (Phi) is 3.97. The van der Waals surface area contributed by atoms with E-state index in [4.69, 9.17) is 9.47 Å². The number of hydrogen-bond donors (Lipinski definition) is 0. The third-order valence-corrected chi connectivity index (χ3v) is 1.96. The highest BCUT2D eigenvalue weighted by Crippen LogP contribution is 2.19. The first-order valence-electron chi connectivity index (χ1n) is 5.88. The molecule has 92 valence electrons. The lowest BCUT2D eigenvalue weighted by Gasteiger charge is -2.28. The second-order valence-electron chi connectivity index (χ2n) is 6.16. The van der Waals surface area contributed by atoms with Crippen molar-refractivity contribution < 1.29 is 9.47 Å². The Balaban J connectivity index is 2.47. The van der Waals surface area contributed by atoms with E-state index in [9.17, 15) is 0 Å². The molecule has 0 unspecified atom stereocenters. The fraction of sp³-hybridized carbons (Fsp3) is 0.714. The lowest BCUT2D eigenvalue weighted by Crippen LogP contribution is -2.29. The summed E-state index contributed by atoms with van der Waals surface area (Å²) in [4.78, 5) is 0. The quantitative estimate of drug-likeness (QED) is 0.669. The molecule has 0 atom stereocenters. The van der Waals surface area contributed by atoms with E-state index in [2.05, 4.69) is 65.8 Å². The molecular weight excluding hydrogens is 200 g/mol. The SMILES string of the molecule is CC(C)(C)OC1C=CC(OC(C)(C)C)C=C1. The van der Waals surface area contributed by atoms with Crippen LogP contribution in [0.3, 0.4) is 0 Å². The standard InChI is InChI=1S/C14H24O2/c1-13(2,3)15-11-7-9-12(10-8-11)16-14(4,5)6/h7-12H,1-6H3. The van der Waals surface area contributed by atoms with Crippen LogP contribution in [-0.2, 0) is 9.47 Å². The summed E-state index contributed by atoms with van der Waals surface area (Å²) in [6.07, 6.45) is 8.37. The highest BCUT2D eigenvalue weighted by molar-refractivity contribution is 5.17. The molecule has 0 saturated heterocycles. The molecule has 1 aliphatic rings. The van der Waals surface area contributed by atoms with Gasteiger partial charge in [-0.1, -0.05) is 24.3 Å². The maximum Gasteiger partial charge on any atom is 0.0946 e. The Morgan fingerprint density at radius 2 is 0.875 bits per heavy atom. The molecule has 0 heterocycles. The summed E-state index contributed by atoms with van der Waals surface area (Å²) < 4.78 is 11.7. The lowest BCUT2D eigenvalue weighted by atomic mass is 10.1. The first-order valence-corrected chi connectivity index (χ1v) is 5.88. The van der Waals surface area contributed by atoms with Crippen LogP contribution in [0.25, 0.3) is 0 Å². The largest absolute Gasteiger partial charge is 0.364 e. The van der Waals surface area contributed by atoms with Crippen LogP contribution in [0.2, 0.25) is 0 Å². The van der Waals surface area contributed by atoms with Crippen LogP contribution in [0.4, 0.5) is 0 Å². The smallest absolute Gasteiger partial charge is 0.0946 e. The summed E-state index contributed by atoms with van der Waals surface area (Å²) in [5, 5.41) is 0. The van der Waals surface area contributed by atoms with Gasteiger partial charge in [-0.2, -0.15) is 0 Å². The second kappa shape index (κ2) is 4.72. The Morgan fingerprint density at radius 1 is 0.625 bits per heavy atom. The van der Waals surface area contributed by atoms with Crippen molar-refractivity contribution in [2.75, 3.05) is 0 Å². The molecule has 0 aromatic rings. The predicted molar refractivity (Wildman–Crippen MR) is 67.5 cm³/mol.